The van der Waals surface area contributed by atoms with Gasteiger partial charge in [0, 0.05) is 17.6 Å². The van der Waals surface area contributed by atoms with E-state index in [0.29, 0.717) is 0 Å². The van der Waals surface area contributed by atoms with Crippen LogP contribution in [0.5, 0.6) is 0 Å². The van der Waals surface area contributed by atoms with Crippen LogP contribution < -0.4 is 0 Å². The van der Waals surface area contributed by atoms with E-state index < -0.39 is 0 Å². The molecule has 0 spiro atoms. The summed E-state index contributed by atoms with van der Waals surface area (Å²) >= 11 is 0. The second-order valence-corrected chi connectivity index (χ2v) is 3.90. The Balaban J connectivity index is 2.35. The van der Waals surface area contributed by atoms with Crippen LogP contribution in [0, 0.1) is 13.8 Å². The summed E-state index contributed by atoms with van der Waals surface area (Å²) in [5, 5.41) is 8.33. The van der Waals surface area contributed by atoms with E-state index in [-0.39, 0.29) is 0 Å². The van der Waals surface area contributed by atoms with Crippen LogP contribution in [0.3, 0.4) is 0 Å². The molecule has 0 radical (unpaired) electrons. The number of aryl methyl sites for hydroxylation is 2. The van der Waals surface area contributed by atoms with Gasteiger partial charge in [0.1, 0.15) is 0 Å². The molecule has 4 nitrogen and oxygen atoms in total. The molecule has 3 rings (SSSR count). The quantitative estimate of drug-likeness (QED) is 0.673. The van der Waals surface area contributed by atoms with E-state index in [1.54, 1.807) is 6.20 Å². The second kappa shape index (κ2) is 3.20. The first-order valence-electron chi connectivity index (χ1n) is 5.22. The maximum absolute atomic E-state index is 4.33. The smallest absolute Gasteiger partial charge is 0.168 e. The number of nitrogens with zero attached hydrogens (tertiary/aromatic N) is 3. The lowest BCUT2D eigenvalue weighted by molar-refractivity contribution is 0.908. The molecule has 0 aliphatic carbocycles. The highest BCUT2D eigenvalue weighted by atomic mass is 15.2. The third-order valence-corrected chi connectivity index (χ3v) is 2.80. The Hall–Kier alpha value is -2.10. The zero-order valence-corrected chi connectivity index (χ0v) is 9.23. The predicted octanol–water partition coefficient (Wildman–Crippen LogP) is 2.37. The van der Waals surface area contributed by atoms with E-state index in [1.165, 1.54) is 11.4 Å². The number of H-pyrrole nitrogens is 1. The minimum atomic E-state index is 0.824. The summed E-state index contributed by atoms with van der Waals surface area (Å²) in [4.78, 5) is 4.24. The van der Waals surface area contributed by atoms with Crippen molar-refractivity contribution in [3.05, 3.63) is 41.9 Å². The SMILES string of the molecule is Cc1ccc(C)n1-c1n[nH]c2ncccc12. The molecule has 0 saturated carbocycles. The van der Waals surface area contributed by atoms with E-state index >= 15 is 0 Å². The molecule has 0 fully saturated rings. The Labute approximate surface area is 92.9 Å². The molecule has 0 amide bonds. The van der Waals surface area contributed by atoms with Gasteiger partial charge in [-0.05, 0) is 38.1 Å². The van der Waals surface area contributed by atoms with Crippen LogP contribution in [0.15, 0.2) is 30.5 Å². The van der Waals surface area contributed by atoms with Gasteiger partial charge in [0.25, 0.3) is 0 Å². The van der Waals surface area contributed by atoms with Crippen molar-refractivity contribution in [2.24, 2.45) is 0 Å². The molecule has 3 heterocycles. The maximum atomic E-state index is 4.33. The molecule has 3 aromatic rings. The average Bonchev–Trinajstić information content (AvgIpc) is 2.83. The zero-order chi connectivity index (χ0) is 11.1. The molecule has 80 valence electrons. The number of nitrogens with one attached hydrogen (secondary N) is 1. The van der Waals surface area contributed by atoms with E-state index in [1.807, 2.05) is 12.1 Å². The van der Waals surface area contributed by atoms with Crippen LogP contribution >= 0.6 is 0 Å². The van der Waals surface area contributed by atoms with Crippen LogP contribution in [0.1, 0.15) is 11.4 Å². The molecular formula is C12H12N4. The lowest BCUT2D eigenvalue weighted by Gasteiger charge is -2.05. The topological polar surface area (TPSA) is 46.5 Å². The Bertz CT molecular complexity index is 628. The van der Waals surface area contributed by atoms with Crippen molar-refractivity contribution in [1.82, 2.24) is 19.7 Å². The second-order valence-electron chi connectivity index (χ2n) is 3.90. The molecule has 16 heavy (non-hydrogen) atoms. The summed E-state index contributed by atoms with van der Waals surface area (Å²) < 4.78 is 2.13. The van der Waals surface area contributed by atoms with Crippen LogP contribution in [-0.4, -0.2) is 19.7 Å². The molecule has 3 aromatic heterocycles. The first-order chi connectivity index (χ1) is 7.77. The van der Waals surface area contributed by atoms with Crippen molar-refractivity contribution in [3.8, 4) is 5.82 Å². The summed E-state index contributed by atoms with van der Waals surface area (Å²) in [7, 11) is 0. The Morgan fingerprint density at radius 2 is 1.88 bits per heavy atom. The normalized spacial score (nSPS) is 11.1. The molecule has 0 aliphatic rings. The highest BCUT2D eigenvalue weighted by Gasteiger charge is 2.11. The first kappa shape index (κ1) is 9.15. The Kier molecular flexibility index (Phi) is 1.83. The Morgan fingerprint density at radius 1 is 1.12 bits per heavy atom. The number of aromatic amines is 1. The molecule has 0 aromatic carbocycles. The largest absolute Gasteiger partial charge is 0.301 e. The number of rotatable bonds is 1. The minimum absolute atomic E-state index is 0.824. The summed E-state index contributed by atoms with van der Waals surface area (Å²) in [5.74, 6) is 0.920. The van der Waals surface area contributed by atoms with Gasteiger partial charge in [-0.25, -0.2) is 4.98 Å². The number of fused-ring (bicyclic) bond motifs is 1. The van der Waals surface area contributed by atoms with Crippen molar-refractivity contribution in [1.29, 1.82) is 0 Å². The molecule has 0 aliphatic heterocycles. The van der Waals surface area contributed by atoms with Crippen molar-refractivity contribution >= 4 is 11.0 Å². The summed E-state index contributed by atoms with van der Waals surface area (Å²) in [6, 6.07) is 8.13. The summed E-state index contributed by atoms with van der Waals surface area (Å²) in [5.41, 5.74) is 3.18. The molecule has 0 unspecified atom stereocenters. The van der Waals surface area contributed by atoms with Gasteiger partial charge in [-0.15, -0.1) is 0 Å². The monoisotopic (exact) mass is 212 g/mol. The van der Waals surface area contributed by atoms with Crippen molar-refractivity contribution < 1.29 is 0 Å². The van der Waals surface area contributed by atoms with Gasteiger partial charge in [-0.2, -0.15) is 5.10 Å². The number of pyridine rings is 1. The van der Waals surface area contributed by atoms with Crippen LogP contribution in [0.4, 0.5) is 0 Å². The van der Waals surface area contributed by atoms with Gasteiger partial charge in [-0.1, -0.05) is 0 Å². The molecule has 4 heteroatoms. The van der Waals surface area contributed by atoms with Gasteiger partial charge in [-0.3, -0.25) is 5.10 Å². The summed E-state index contributed by atoms with van der Waals surface area (Å²) in [6.45, 7) is 4.15. The molecule has 0 bridgehead atoms. The number of hydrogen-bond acceptors (Lipinski definition) is 2. The Morgan fingerprint density at radius 3 is 2.62 bits per heavy atom. The van der Waals surface area contributed by atoms with Gasteiger partial charge in [0.15, 0.2) is 11.5 Å². The van der Waals surface area contributed by atoms with E-state index in [0.717, 1.165) is 16.9 Å². The highest BCUT2D eigenvalue weighted by Crippen LogP contribution is 2.21. The molecular weight excluding hydrogens is 200 g/mol. The zero-order valence-electron chi connectivity index (χ0n) is 9.23. The van der Waals surface area contributed by atoms with Gasteiger partial charge in [0.05, 0.1) is 5.39 Å². The number of aromatic nitrogens is 4. The lowest BCUT2D eigenvalue weighted by atomic mass is 10.3. The molecule has 1 N–H and O–H groups in total. The minimum Gasteiger partial charge on any atom is -0.301 e. The fourth-order valence-corrected chi connectivity index (χ4v) is 2.01. The molecule has 0 saturated heterocycles. The van der Waals surface area contributed by atoms with Gasteiger partial charge < -0.3 is 4.57 Å². The first-order valence-corrected chi connectivity index (χ1v) is 5.22. The third-order valence-electron chi connectivity index (χ3n) is 2.80. The van der Waals surface area contributed by atoms with E-state index in [9.17, 15) is 0 Å². The van der Waals surface area contributed by atoms with Gasteiger partial charge in [0.2, 0.25) is 0 Å². The summed E-state index contributed by atoms with van der Waals surface area (Å²) in [6.07, 6.45) is 1.76. The van der Waals surface area contributed by atoms with E-state index in [2.05, 4.69) is 45.7 Å². The third kappa shape index (κ3) is 1.16. The highest BCUT2D eigenvalue weighted by molar-refractivity contribution is 5.82. The van der Waals surface area contributed by atoms with E-state index in [4.69, 9.17) is 0 Å². The van der Waals surface area contributed by atoms with Gasteiger partial charge >= 0.3 is 0 Å². The fraction of sp³-hybridized carbons (Fsp3) is 0.167. The average molecular weight is 212 g/mol. The van der Waals surface area contributed by atoms with Crippen LogP contribution in [0.2, 0.25) is 0 Å². The van der Waals surface area contributed by atoms with Crippen molar-refractivity contribution in [3.63, 3.8) is 0 Å². The van der Waals surface area contributed by atoms with Crippen molar-refractivity contribution in [2.45, 2.75) is 13.8 Å². The maximum Gasteiger partial charge on any atom is 0.168 e. The van der Waals surface area contributed by atoms with Crippen molar-refractivity contribution in [2.75, 3.05) is 0 Å². The fourth-order valence-electron chi connectivity index (χ4n) is 2.01. The predicted molar refractivity (Wildman–Crippen MR) is 62.7 cm³/mol. The molecule has 0 atom stereocenters. The number of hydrogen-bond donors (Lipinski definition) is 1. The standard InChI is InChI=1S/C12H12N4/c1-8-5-6-9(2)16(8)12-10-4-3-7-13-11(10)14-15-12/h3-7H,1-2H3,(H,13,14,15). The van der Waals surface area contributed by atoms with Crippen LogP contribution in [-0.2, 0) is 0 Å². The lowest BCUT2D eigenvalue weighted by Crippen LogP contribution is -1.99. The van der Waals surface area contributed by atoms with Crippen LogP contribution in [0.25, 0.3) is 16.9 Å².